The van der Waals surface area contributed by atoms with Crippen LogP contribution in [0.2, 0.25) is 0 Å². The topological polar surface area (TPSA) is 67.4 Å². The van der Waals surface area contributed by atoms with Gasteiger partial charge in [0, 0.05) is 11.3 Å². The van der Waals surface area contributed by atoms with Gasteiger partial charge in [0.2, 0.25) is 0 Å². The number of hydrogen-bond acceptors (Lipinski definition) is 4. The van der Waals surface area contributed by atoms with Gasteiger partial charge in [-0.3, -0.25) is 9.59 Å². The molecule has 5 nitrogen and oxygen atoms in total. The minimum atomic E-state index is -2.91. The second kappa shape index (κ2) is 9.29. The van der Waals surface area contributed by atoms with E-state index in [1.807, 2.05) is 5.38 Å². The lowest BCUT2D eigenvalue weighted by molar-refractivity contribution is -0.0499. The second-order valence-corrected chi connectivity index (χ2v) is 7.10. The molecule has 2 aromatic carbocycles. The van der Waals surface area contributed by atoms with Crippen LogP contribution in [0.5, 0.6) is 5.75 Å². The Balaban J connectivity index is 1.61. The molecule has 0 bridgehead atoms. The highest BCUT2D eigenvalue weighted by molar-refractivity contribution is 7.12. The van der Waals surface area contributed by atoms with Crippen LogP contribution < -0.4 is 15.4 Å². The zero-order valence-corrected chi connectivity index (χ0v) is 16.2. The zero-order valence-electron chi connectivity index (χ0n) is 15.4. The number of nitrogens with one attached hydrogen (secondary N) is 2. The van der Waals surface area contributed by atoms with Gasteiger partial charge in [0.25, 0.3) is 11.8 Å². The Kier molecular flexibility index (Phi) is 6.56. The van der Waals surface area contributed by atoms with Crippen LogP contribution in [-0.4, -0.2) is 18.4 Å². The molecule has 8 heteroatoms. The molecule has 1 aromatic heterocycles. The van der Waals surface area contributed by atoms with Gasteiger partial charge in [-0.05, 0) is 60.3 Å². The quantitative estimate of drug-likeness (QED) is 0.564. The molecule has 0 aliphatic rings. The van der Waals surface area contributed by atoms with E-state index in [1.54, 1.807) is 55.5 Å². The Morgan fingerprint density at radius 2 is 1.76 bits per heavy atom. The van der Waals surface area contributed by atoms with Gasteiger partial charge in [-0.25, -0.2) is 0 Å². The molecule has 150 valence electrons. The number of thiophene rings is 1. The van der Waals surface area contributed by atoms with Crippen molar-refractivity contribution in [3.63, 3.8) is 0 Å². The fraction of sp³-hybridized carbons (Fsp3) is 0.143. The third-order valence-corrected chi connectivity index (χ3v) is 4.95. The molecule has 3 rings (SSSR count). The Labute approximate surface area is 170 Å². The molecule has 0 spiro atoms. The SMILES string of the molecule is CC(NC(=O)c1ccc(NC(=O)c2cccs2)cc1)c1cccc(OC(F)F)c1. The lowest BCUT2D eigenvalue weighted by Crippen LogP contribution is -2.26. The molecule has 29 heavy (non-hydrogen) atoms. The summed E-state index contributed by atoms with van der Waals surface area (Å²) in [6, 6.07) is 15.8. The maximum absolute atomic E-state index is 12.5. The van der Waals surface area contributed by atoms with Crippen molar-refractivity contribution in [1.29, 1.82) is 0 Å². The van der Waals surface area contributed by atoms with Gasteiger partial charge in [0.1, 0.15) is 5.75 Å². The lowest BCUT2D eigenvalue weighted by Gasteiger charge is -2.16. The summed E-state index contributed by atoms with van der Waals surface area (Å²) in [4.78, 5) is 25.1. The average Bonchev–Trinajstić information content (AvgIpc) is 3.23. The van der Waals surface area contributed by atoms with Crippen LogP contribution in [-0.2, 0) is 0 Å². The third kappa shape index (κ3) is 5.61. The van der Waals surface area contributed by atoms with Crippen LogP contribution >= 0.6 is 11.3 Å². The zero-order chi connectivity index (χ0) is 20.8. The number of carbonyl (C=O) groups excluding carboxylic acids is 2. The largest absolute Gasteiger partial charge is 0.435 e. The number of ether oxygens (including phenoxy) is 1. The van der Waals surface area contributed by atoms with Crippen molar-refractivity contribution in [2.45, 2.75) is 19.6 Å². The normalized spacial score (nSPS) is 11.7. The van der Waals surface area contributed by atoms with Gasteiger partial charge < -0.3 is 15.4 Å². The number of carbonyl (C=O) groups is 2. The number of rotatable bonds is 7. The lowest BCUT2D eigenvalue weighted by atomic mass is 10.1. The molecule has 0 saturated carbocycles. The molecule has 0 saturated heterocycles. The summed E-state index contributed by atoms with van der Waals surface area (Å²) in [5, 5.41) is 7.39. The van der Waals surface area contributed by atoms with Crippen molar-refractivity contribution in [1.82, 2.24) is 5.32 Å². The van der Waals surface area contributed by atoms with E-state index in [0.29, 0.717) is 21.7 Å². The standard InChI is InChI=1S/C21H18F2N2O3S/c1-13(15-4-2-5-17(12-15)28-21(22)23)24-19(26)14-7-9-16(10-8-14)25-20(27)18-6-3-11-29-18/h2-13,21H,1H3,(H,24,26)(H,25,27). The Morgan fingerprint density at radius 1 is 1.00 bits per heavy atom. The number of anilines is 1. The van der Waals surface area contributed by atoms with Gasteiger partial charge in [-0.15, -0.1) is 11.3 Å². The summed E-state index contributed by atoms with van der Waals surface area (Å²) in [6.07, 6.45) is 0. The van der Waals surface area contributed by atoms with Gasteiger partial charge >= 0.3 is 6.61 Å². The van der Waals surface area contributed by atoms with Gasteiger partial charge in [-0.2, -0.15) is 8.78 Å². The number of amides is 2. The summed E-state index contributed by atoms with van der Waals surface area (Å²) >= 11 is 1.34. The summed E-state index contributed by atoms with van der Waals surface area (Å²) in [5.41, 5.74) is 1.62. The van der Waals surface area contributed by atoms with Crippen LogP contribution in [0.3, 0.4) is 0 Å². The van der Waals surface area contributed by atoms with E-state index in [2.05, 4.69) is 15.4 Å². The predicted molar refractivity (Wildman–Crippen MR) is 108 cm³/mol. The highest BCUT2D eigenvalue weighted by Crippen LogP contribution is 2.21. The van der Waals surface area contributed by atoms with Crippen molar-refractivity contribution in [3.05, 3.63) is 82.0 Å². The van der Waals surface area contributed by atoms with E-state index in [4.69, 9.17) is 0 Å². The first-order valence-corrected chi connectivity index (χ1v) is 9.61. The van der Waals surface area contributed by atoms with E-state index < -0.39 is 12.7 Å². The summed E-state index contributed by atoms with van der Waals surface area (Å²) in [6.45, 7) is -1.16. The summed E-state index contributed by atoms with van der Waals surface area (Å²) in [7, 11) is 0. The van der Waals surface area contributed by atoms with Crippen molar-refractivity contribution in [2.75, 3.05) is 5.32 Å². The Morgan fingerprint density at radius 3 is 2.41 bits per heavy atom. The predicted octanol–water partition coefficient (Wildman–Crippen LogP) is 5.09. The molecule has 0 aliphatic heterocycles. The molecular weight excluding hydrogens is 398 g/mol. The molecular formula is C21H18F2N2O3S. The molecule has 3 aromatic rings. The van der Waals surface area contributed by atoms with Gasteiger partial charge in [-0.1, -0.05) is 18.2 Å². The van der Waals surface area contributed by atoms with Crippen LogP contribution in [0.25, 0.3) is 0 Å². The first kappa shape index (κ1) is 20.5. The minimum absolute atomic E-state index is 0.0319. The molecule has 2 N–H and O–H groups in total. The highest BCUT2D eigenvalue weighted by atomic mass is 32.1. The maximum atomic E-state index is 12.5. The van der Waals surface area contributed by atoms with E-state index >= 15 is 0 Å². The van der Waals surface area contributed by atoms with Crippen LogP contribution in [0, 0.1) is 0 Å². The van der Waals surface area contributed by atoms with Crippen molar-refractivity contribution < 1.29 is 23.1 Å². The van der Waals surface area contributed by atoms with Gasteiger partial charge in [0.15, 0.2) is 0 Å². The number of benzene rings is 2. The Bertz CT molecular complexity index is 976. The van der Waals surface area contributed by atoms with Crippen molar-refractivity contribution in [3.8, 4) is 5.75 Å². The van der Waals surface area contributed by atoms with Crippen LogP contribution in [0.15, 0.2) is 66.0 Å². The molecule has 2 amide bonds. The highest BCUT2D eigenvalue weighted by Gasteiger charge is 2.14. The first-order chi connectivity index (χ1) is 13.9. The molecule has 1 atom stereocenters. The van der Waals surface area contributed by atoms with Gasteiger partial charge in [0.05, 0.1) is 10.9 Å². The maximum Gasteiger partial charge on any atom is 0.387 e. The third-order valence-electron chi connectivity index (χ3n) is 4.08. The number of halogens is 2. The molecule has 0 aliphatic carbocycles. The average molecular weight is 416 g/mol. The van der Waals surface area contributed by atoms with Crippen LogP contribution in [0.4, 0.5) is 14.5 Å². The van der Waals surface area contributed by atoms with E-state index in [0.717, 1.165) is 0 Å². The first-order valence-electron chi connectivity index (χ1n) is 8.73. The van der Waals surface area contributed by atoms with Crippen molar-refractivity contribution >= 4 is 28.8 Å². The summed E-state index contributed by atoms with van der Waals surface area (Å²) < 4.78 is 29.1. The van der Waals surface area contributed by atoms with Crippen molar-refractivity contribution in [2.24, 2.45) is 0 Å². The van der Waals surface area contributed by atoms with E-state index in [-0.39, 0.29) is 17.6 Å². The second-order valence-electron chi connectivity index (χ2n) is 6.15. The number of alkyl halides is 2. The fourth-order valence-corrected chi connectivity index (χ4v) is 3.25. The molecule has 0 fully saturated rings. The van der Waals surface area contributed by atoms with Crippen LogP contribution in [0.1, 0.15) is 38.6 Å². The molecule has 1 heterocycles. The monoisotopic (exact) mass is 416 g/mol. The van der Waals surface area contributed by atoms with E-state index in [1.165, 1.54) is 23.5 Å². The van der Waals surface area contributed by atoms with E-state index in [9.17, 15) is 18.4 Å². The Hall–Kier alpha value is -3.26. The molecule has 0 radical (unpaired) electrons. The summed E-state index contributed by atoms with van der Waals surface area (Å²) in [5.74, 6) is -0.505. The minimum Gasteiger partial charge on any atom is -0.435 e. The fourth-order valence-electron chi connectivity index (χ4n) is 2.63. The smallest absolute Gasteiger partial charge is 0.387 e. The number of hydrogen-bond donors (Lipinski definition) is 2. The molecule has 1 unspecified atom stereocenters.